The van der Waals surface area contributed by atoms with Crippen molar-refractivity contribution >= 4 is 17.5 Å². The molecule has 11 heteroatoms. The second kappa shape index (κ2) is 8.58. The summed E-state index contributed by atoms with van der Waals surface area (Å²) in [5.41, 5.74) is -0.0906. The minimum Gasteiger partial charge on any atom is -0.461 e. The predicted octanol–water partition coefficient (Wildman–Crippen LogP) is 1.06. The molecule has 2 heterocycles. The summed E-state index contributed by atoms with van der Waals surface area (Å²) >= 11 is 0. The Bertz CT molecular complexity index is 982. The number of carbonyl (C=O) groups excluding carboxylic acids is 2. The van der Waals surface area contributed by atoms with Gasteiger partial charge in [0.05, 0.1) is 17.7 Å². The average Bonchev–Trinajstić information content (AvgIpc) is 3.38. The third kappa shape index (κ3) is 4.78. The van der Waals surface area contributed by atoms with E-state index < -0.39 is 16.7 Å². The Hall–Kier alpha value is -4.02. The van der Waals surface area contributed by atoms with Crippen LogP contribution in [0.1, 0.15) is 16.2 Å². The molecule has 0 saturated heterocycles. The zero-order chi connectivity index (χ0) is 19.9. The van der Waals surface area contributed by atoms with Crippen molar-refractivity contribution < 1.29 is 18.9 Å². The maximum atomic E-state index is 12.0. The topological polar surface area (TPSA) is 156 Å². The number of nitro groups is 1. The van der Waals surface area contributed by atoms with Gasteiger partial charge in [-0.15, -0.1) is 0 Å². The maximum Gasteiger partial charge on any atom is 0.270 e. The number of hydrogen-bond donors (Lipinski definition) is 3. The number of benzene rings is 1. The minimum atomic E-state index is -0.593. The fourth-order valence-corrected chi connectivity index (χ4v) is 2.33. The molecule has 0 radical (unpaired) electrons. The highest BCUT2D eigenvalue weighted by Crippen LogP contribution is 2.14. The summed E-state index contributed by atoms with van der Waals surface area (Å²) in [4.78, 5) is 38.2. The number of nitrogens with one attached hydrogen (secondary N) is 3. The molecule has 0 aliphatic heterocycles. The van der Waals surface area contributed by atoms with Crippen LogP contribution < -0.4 is 10.6 Å². The van der Waals surface area contributed by atoms with Gasteiger partial charge in [0.2, 0.25) is 11.7 Å². The zero-order valence-corrected chi connectivity index (χ0v) is 14.5. The molecule has 0 atom stereocenters. The molecule has 11 nitrogen and oxygen atoms in total. The molecule has 3 aromatic rings. The number of amides is 2. The largest absolute Gasteiger partial charge is 0.461 e. The van der Waals surface area contributed by atoms with Crippen molar-refractivity contribution in [2.24, 2.45) is 0 Å². The van der Waals surface area contributed by atoms with E-state index in [1.165, 1.54) is 24.5 Å². The number of H-pyrrole nitrogens is 1. The van der Waals surface area contributed by atoms with Gasteiger partial charge >= 0.3 is 0 Å². The van der Waals surface area contributed by atoms with Gasteiger partial charge in [0, 0.05) is 30.7 Å². The smallest absolute Gasteiger partial charge is 0.270 e. The van der Waals surface area contributed by atoms with Crippen molar-refractivity contribution in [1.29, 1.82) is 0 Å². The molecular formula is C17H16N6O5. The van der Waals surface area contributed by atoms with E-state index in [9.17, 15) is 19.7 Å². The highest BCUT2D eigenvalue weighted by Gasteiger charge is 2.13. The number of aromatic amines is 1. The van der Waals surface area contributed by atoms with E-state index in [4.69, 9.17) is 4.42 Å². The fraction of sp³-hybridized carbons (Fsp3) is 0.176. The van der Waals surface area contributed by atoms with Crippen molar-refractivity contribution in [2.45, 2.75) is 6.42 Å². The molecule has 2 amide bonds. The number of nitro benzene ring substituents is 1. The van der Waals surface area contributed by atoms with E-state index >= 15 is 0 Å². The van der Waals surface area contributed by atoms with Gasteiger partial charge in [-0.1, -0.05) is 6.07 Å². The molecule has 0 fully saturated rings. The van der Waals surface area contributed by atoms with E-state index in [0.29, 0.717) is 23.8 Å². The number of aromatic nitrogens is 3. The zero-order valence-electron chi connectivity index (χ0n) is 14.5. The van der Waals surface area contributed by atoms with Crippen molar-refractivity contribution in [3.8, 4) is 11.6 Å². The summed E-state index contributed by atoms with van der Waals surface area (Å²) < 4.78 is 5.19. The fourth-order valence-electron chi connectivity index (χ4n) is 2.33. The lowest BCUT2D eigenvalue weighted by molar-refractivity contribution is -0.384. The lowest BCUT2D eigenvalue weighted by Gasteiger charge is -2.06. The Kier molecular flexibility index (Phi) is 5.75. The van der Waals surface area contributed by atoms with Gasteiger partial charge in [-0.2, -0.15) is 5.10 Å². The average molecular weight is 384 g/mol. The molecule has 28 heavy (non-hydrogen) atoms. The number of nitrogens with zero attached hydrogens (tertiary/aromatic N) is 3. The standard InChI is InChI=1S/C17H16N6O5/c24-15(10-19-17(25)11-3-1-4-12(9-11)23(26)27)18-7-6-14-20-16(22-21-14)13-5-2-8-28-13/h1-5,8-9H,6-7,10H2,(H,18,24)(H,19,25)(H,20,21,22). The first-order valence-corrected chi connectivity index (χ1v) is 8.27. The van der Waals surface area contributed by atoms with Crippen molar-refractivity contribution in [3.63, 3.8) is 0 Å². The monoisotopic (exact) mass is 384 g/mol. The highest BCUT2D eigenvalue weighted by molar-refractivity contribution is 5.96. The van der Waals surface area contributed by atoms with Crippen LogP contribution >= 0.6 is 0 Å². The molecule has 144 valence electrons. The summed E-state index contributed by atoms with van der Waals surface area (Å²) in [6.45, 7) is 0.0356. The molecule has 0 spiro atoms. The maximum absolute atomic E-state index is 12.0. The first kappa shape index (κ1) is 18.8. The van der Waals surface area contributed by atoms with Crippen molar-refractivity contribution in [2.75, 3.05) is 13.1 Å². The number of furan rings is 1. The third-order valence-electron chi connectivity index (χ3n) is 3.69. The van der Waals surface area contributed by atoms with Crippen LogP contribution in [0.3, 0.4) is 0 Å². The first-order chi connectivity index (χ1) is 13.5. The third-order valence-corrected chi connectivity index (χ3v) is 3.69. The minimum absolute atomic E-state index is 0.106. The second-order valence-electron chi connectivity index (χ2n) is 5.67. The molecule has 1 aromatic carbocycles. The Labute approximate surface area is 158 Å². The Morgan fingerprint density at radius 2 is 2.07 bits per heavy atom. The number of rotatable bonds is 8. The van der Waals surface area contributed by atoms with Crippen LogP contribution in [0.4, 0.5) is 5.69 Å². The highest BCUT2D eigenvalue weighted by atomic mass is 16.6. The van der Waals surface area contributed by atoms with E-state index in [2.05, 4.69) is 25.8 Å². The molecule has 2 aromatic heterocycles. The van der Waals surface area contributed by atoms with Crippen LogP contribution in [0.2, 0.25) is 0 Å². The van der Waals surface area contributed by atoms with Gasteiger partial charge in [-0.05, 0) is 18.2 Å². The summed E-state index contributed by atoms with van der Waals surface area (Å²) in [6.07, 6.45) is 1.94. The van der Waals surface area contributed by atoms with E-state index in [1.54, 1.807) is 12.1 Å². The Morgan fingerprint density at radius 1 is 1.21 bits per heavy atom. The normalized spacial score (nSPS) is 10.4. The number of non-ortho nitro benzene ring substituents is 1. The SMILES string of the molecule is O=C(CNC(=O)c1cccc([N+](=O)[O-])c1)NCCc1nc(-c2ccco2)n[nH]1. The molecule has 3 N–H and O–H groups in total. The van der Waals surface area contributed by atoms with Gasteiger partial charge in [-0.25, -0.2) is 4.98 Å². The molecule has 0 unspecified atom stereocenters. The lowest BCUT2D eigenvalue weighted by atomic mass is 10.2. The van der Waals surface area contributed by atoms with Crippen LogP contribution in [-0.2, 0) is 11.2 Å². The van der Waals surface area contributed by atoms with Gasteiger partial charge in [0.25, 0.3) is 11.6 Å². The summed E-state index contributed by atoms with van der Waals surface area (Å²) in [7, 11) is 0. The Balaban J connectivity index is 1.42. The summed E-state index contributed by atoms with van der Waals surface area (Å²) in [5, 5.41) is 22.6. The first-order valence-electron chi connectivity index (χ1n) is 8.27. The number of hydrogen-bond acceptors (Lipinski definition) is 7. The quantitative estimate of drug-likeness (QED) is 0.387. The summed E-state index contributed by atoms with van der Waals surface area (Å²) in [6, 6.07) is 8.73. The van der Waals surface area contributed by atoms with E-state index in [-0.39, 0.29) is 24.3 Å². The molecule has 3 rings (SSSR count). The van der Waals surface area contributed by atoms with Gasteiger partial charge in [0.1, 0.15) is 5.82 Å². The second-order valence-corrected chi connectivity index (χ2v) is 5.67. The van der Waals surface area contributed by atoms with Crippen molar-refractivity contribution in [1.82, 2.24) is 25.8 Å². The van der Waals surface area contributed by atoms with Crippen molar-refractivity contribution in [3.05, 3.63) is 64.2 Å². The number of carbonyl (C=O) groups is 2. The van der Waals surface area contributed by atoms with Gasteiger partial charge in [0.15, 0.2) is 5.76 Å². The molecular weight excluding hydrogens is 368 g/mol. The predicted molar refractivity (Wildman–Crippen MR) is 96.2 cm³/mol. The van der Waals surface area contributed by atoms with Gasteiger partial charge < -0.3 is 15.1 Å². The summed E-state index contributed by atoms with van der Waals surface area (Å²) in [5.74, 6) is 0.569. The molecule has 0 saturated carbocycles. The molecule has 0 aliphatic rings. The van der Waals surface area contributed by atoms with Crippen LogP contribution in [0.25, 0.3) is 11.6 Å². The van der Waals surface area contributed by atoms with Gasteiger partial charge in [-0.3, -0.25) is 24.8 Å². The molecule has 0 aliphatic carbocycles. The Morgan fingerprint density at radius 3 is 2.82 bits per heavy atom. The van der Waals surface area contributed by atoms with Crippen LogP contribution in [0.15, 0.2) is 47.1 Å². The van der Waals surface area contributed by atoms with E-state index in [1.807, 2.05) is 0 Å². The van der Waals surface area contributed by atoms with Crippen LogP contribution in [0.5, 0.6) is 0 Å². The molecule has 0 bridgehead atoms. The van der Waals surface area contributed by atoms with Crippen LogP contribution in [0, 0.1) is 10.1 Å². The van der Waals surface area contributed by atoms with Crippen LogP contribution in [-0.4, -0.2) is 45.0 Å². The van der Waals surface area contributed by atoms with E-state index in [0.717, 1.165) is 6.07 Å². The lowest BCUT2D eigenvalue weighted by Crippen LogP contribution is -2.37.